The van der Waals surface area contributed by atoms with E-state index in [0.717, 1.165) is 12.8 Å². The van der Waals surface area contributed by atoms with Crippen molar-refractivity contribution < 1.29 is 19.0 Å². The highest BCUT2D eigenvalue weighted by atomic mass is 127. The molecule has 0 saturated heterocycles. The van der Waals surface area contributed by atoms with Crippen LogP contribution in [0.3, 0.4) is 0 Å². The lowest BCUT2D eigenvalue weighted by molar-refractivity contribution is -0.152. The molecule has 5 heteroatoms. The minimum Gasteiger partial charge on any atom is -0.464 e. The summed E-state index contributed by atoms with van der Waals surface area (Å²) in [7, 11) is 0. The lowest BCUT2D eigenvalue weighted by Gasteiger charge is -2.29. The summed E-state index contributed by atoms with van der Waals surface area (Å²) in [6, 6.07) is 0. The van der Waals surface area contributed by atoms with Crippen LogP contribution in [0.2, 0.25) is 0 Å². The van der Waals surface area contributed by atoms with E-state index in [0.29, 0.717) is 13.0 Å². The van der Waals surface area contributed by atoms with Gasteiger partial charge in [0.15, 0.2) is 0 Å². The second kappa shape index (κ2) is 4.89. The fourth-order valence-corrected chi connectivity index (χ4v) is 3.19. The molecule has 5 unspecified atom stereocenters. The number of fused-ring (bicyclic) bond motifs is 2. The van der Waals surface area contributed by atoms with Crippen LogP contribution in [0, 0.1) is 17.8 Å². The fraction of sp³-hybridized carbons (Fsp3) is 0.923. The highest BCUT2D eigenvalue weighted by Gasteiger charge is 2.55. The third-order valence-electron chi connectivity index (χ3n) is 4.53. The molecular weight excluding hydrogens is 350 g/mol. The first-order valence-corrected chi connectivity index (χ1v) is 7.61. The van der Waals surface area contributed by atoms with Crippen LogP contribution in [0.5, 0.6) is 0 Å². The van der Waals surface area contributed by atoms with Crippen LogP contribution in [-0.2, 0) is 9.53 Å². The Morgan fingerprint density at radius 3 is 2.72 bits per heavy atom. The Morgan fingerprint density at radius 2 is 2.28 bits per heavy atom. The average Bonchev–Trinajstić information content (AvgIpc) is 2.80. The van der Waals surface area contributed by atoms with Gasteiger partial charge in [0, 0.05) is 12.3 Å². The van der Waals surface area contributed by atoms with E-state index >= 15 is 0 Å². The average molecular weight is 370 g/mol. The Hall–Kier alpha value is 0.0900. The Bertz CT molecular complexity index is 343. The zero-order chi connectivity index (χ0) is 13.6. The summed E-state index contributed by atoms with van der Waals surface area (Å²) < 4.78 is 18.4. The number of rotatable bonds is 4. The van der Waals surface area contributed by atoms with Gasteiger partial charge in [-0.25, -0.2) is 4.39 Å². The largest absolute Gasteiger partial charge is 0.464 e. The van der Waals surface area contributed by atoms with Gasteiger partial charge in [0.2, 0.25) is 5.85 Å². The van der Waals surface area contributed by atoms with Crippen LogP contribution in [0.1, 0.15) is 39.5 Å². The monoisotopic (exact) mass is 370 g/mol. The Labute approximate surface area is 121 Å². The predicted octanol–water partition coefficient (Wildman–Crippen LogP) is 2.84. The Balaban J connectivity index is 1.82. The summed E-state index contributed by atoms with van der Waals surface area (Å²) >= 11 is 2.11. The highest BCUT2D eigenvalue weighted by molar-refractivity contribution is 14.1. The van der Waals surface area contributed by atoms with Crippen LogP contribution in [0.4, 0.5) is 4.39 Å². The predicted molar refractivity (Wildman–Crippen MR) is 74.1 cm³/mol. The van der Waals surface area contributed by atoms with Crippen molar-refractivity contribution in [2.45, 2.75) is 48.8 Å². The van der Waals surface area contributed by atoms with Gasteiger partial charge in [-0.2, -0.15) is 0 Å². The molecule has 0 aliphatic heterocycles. The summed E-state index contributed by atoms with van der Waals surface area (Å²) in [6.45, 7) is 4.18. The van der Waals surface area contributed by atoms with Crippen molar-refractivity contribution >= 4 is 28.6 Å². The fourth-order valence-electron chi connectivity index (χ4n) is 3.04. The van der Waals surface area contributed by atoms with Gasteiger partial charge in [0.25, 0.3) is 0 Å². The Morgan fingerprint density at radius 1 is 1.61 bits per heavy atom. The summed E-state index contributed by atoms with van der Waals surface area (Å²) in [5.74, 6) is -2.04. The second-order valence-corrected chi connectivity index (χ2v) is 8.24. The number of halogens is 2. The molecule has 0 aromatic heterocycles. The summed E-state index contributed by atoms with van der Waals surface area (Å²) in [4.78, 5) is 11.8. The molecule has 2 aliphatic carbocycles. The minimum atomic E-state index is -1.98. The molecule has 2 bridgehead atoms. The number of hydrogen-bond donors (Lipinski definition) is 1. The van der Waals surface area contributed by atoms with E-state index in [1.54, 1.807) is 0 Å². The number of hydrogen-bond acceptors (Lipinski definition) is 3. The van der Waals surface area contributed by atoms with E-state index in [1.165, 1.54) is 0 Å². The Kier molecular flexibility index (Phi) is 3.94. The maximum absolute atomic E-state index is 13.6. The number of aliphatic hydroxyl groups is 1. The first-order chi connectivity index (χ1) is 8.26. The third-order valence-corrected chi connectivity index (χ3v) is 5.74. The van der Waals surface area contributed by atoms with Crippen LogP contribution in [-0.4, -0.2) is 27.0 Å². The van der Waals surface area contributed by atoms with Crippen molar-refractivity contribution in [3.05, 3.63) is 0 Å². The molecule has 3 nitrogen and oxygen atoms in total. The molecule has 0 aromatic carbocycles. The molecular formula is C13H20FIO3. The van der Waals surface area contributed by atoms with Gasteiger partial charge >= 0.3 is 5.97 Å². The van der Waals surface area contributed by atoms with Gasteiger partial charge in [0.1, 0.15) is 3.42 Å². The van der Waals surface area contributed by atoms with Crippen molar-refractivity contribution in [2.24, 2.45) is 17.8 Å². The van der Waals surface area contributed by atoms with E-state index in [-0.39, 0.29) is 30.1 Å². The molecule has 2 rings (SSSR count). The first kappa shape index (κ1) is 14.5. The normalized spacial score (nSPS) is 41.7. The van der Waals surface area contributed by atoms with Crippen molar-refractivity contribution in [1.29, 1.82) is 0 Å². The lowest BCUT2D eigenvalue weighted by Crippen LogP contribution is -2.36. The van der Waals surface area contributed by atoms with Gasteiger partial charge < -0.3 is 9.84 Å². The van der Waals surface area contributed by atoms with E-state index < -0.39 is 9.28 Å². The second-order valence-electron chi connectivity index (χ2n) is 5.86. The number of carbonyl (C=O) groups excluding carboxylic acids is 1. The molecule has 1 N–H and O–H groups in total. The first-order valence-electron chi connectivity index (χ1n) is 6.53. The molecule has 0 spiro atoms. The summed E-state index contributed by atoms with van der Waals surface area (Å²) in [5.41, 5.74) is 0. The number of alkyl halides is 2. The molecule has 0 radical (unpaired) electrons. The quantitative estimate of drug-likeness (QED) is 0.470. The van der Waals surface area contributed by atoms with Gasteiger partial charge in [-0.15, -0.1) is 0 Å². The molecule has 0 heterocycles. The summed E-state index contributed by atoms with van der Waals surface area (Å²) in [6.07, 6.45) is 2.29. The molecule has 0 amide bonds. The van der Waals surface area contributed by atoms with Crippen LogP contribution < -0.4 is 0 Å². The van der Waals surface area contributed by atoms with Crippen LogP contribution in [0.25, 0.3) is 0 Å². The number of ether oxygens (including phenoxy) is 1. The zero-order valence-corrected chi connectivity index (χ0v) is 12.9. The number of esters is 1. The maximum atomic E-state index is 13.6. The summed E-state index contributed by atoms with van der Waals surface area (Å²) in [5, 5.41) is 9.47. The molecule has 5 atom stereocenters. The topological polar surface area (TPSA) is 46.5 Å². The van der Waals surface area contributed by atoms with Crippen molar-refractivity contribution in [1.82, 2.24) is 0 Å². The molecule has 2 aliphatic rings. The lowest BCUT2D eigenvalue weighted by atomic mass is 9.86. The number of carbonyl (C=O) groups is 1. The SMILES string of the molecule is CCC(C)(I)C(=O)OCC1CC2CC1CC2(O)F. The molecule has 2 saturated carbocycles. The van der Waals surface area contributed by atoms with Gasteiger partial charge in [0.05, 0.1) is 6.61 Å². The standard InChI is InChI=1S/C13H20FIO3/c1-3-12(2,15)11(16)18-7-9-5-10-4-8(9)6-13(10,14)17/h8-10,17H,3-7H2,1-2H3. The maximum Gasteiger partial charge on any atom is 0.321 e. The molecule has 0 aromatic rings. The molecule has 104 valence electrons. The van der Waals surface area contributed by atoms with Crippen molar-refractivity contribution in [3.8, 4) is 0 Å². The minimum absolute atomic E-state index is 0.167. The van der Waals surface area contributed by atoms with Gasteiger partial charge in [-0.1, -0.05) is 29.5 Å². The van der Waals surface area contributed by atoms with Gasteiger partial charge in [-0.05, 0) is 38.0 Å². The van der Waals surface area contributed by atoms with E-state index in [4.69, 9.17) is 4.74 Å². The smallest absolute Gasteiger partial charge is 0.321 e. The molecule has 2 fully saturated rings. The van der Waals surface area contributed by atoms with Crippen molar-refractivity contribution in [2.75, 3.05) is 6.61 Å². The zero-order valence-electron chi connectivity index (χ0n) is 10.8. The van der Waals surface area contributed by atoms with Crippen LogP contribution in [0.15, 0.2) is 0 Å². The van der Waals surface area contributed by atoms with Crippen molar-refractivity contribution in [3.63, 3.8) is 0 Å². The van der Waals surface area contributed by atoms with E-state index in [1.807, 2.05) is 13.8 Å². The van der Waals surface area contributed by atoms with Gasteiger partial charge in [-0.3, -0.25) is 4.79 Å². The molecule has 18 heavy (non-hydrogen) atoms. The highest BCUT2D eigenvalue weighted by Crippen LogP contribution is 2.54. The van der Waals surface area contributed by atoms with E-state index in [9.17, 15) is 14.3 Å². The third kappa shape index (κ3) is 2.66. The van der Waals surface area contributed by atoms with Crippen LogP contribution >= 0.6 is 22.6 Å². The van der Waals surface area contributed by atoms with E-state index in [2.05, 4.69) is 22.6 Å².